The molecule has 2 aromatic rings. The van der Waals surface area contributed by atoms with Crippen LogP contribution >= 0.6 is 0 Å². The lowest BCUT2D eigenvalue weighted by atomic mass is 10.2. The summed E-state index contributed by atoms with van der Waals surface area (Å²) in [6.07, 6.45) is 0.180. The Morgan fingerprint density at radius 1 is 0.931 bits per heavy atom. The van der Waals surface area contributed by atoms with Gasteiger partial charge in [-0.2, -0.15) is 0 Å². The first-order chi connectivity index (χ1) is 13.8. The zero-order chi connectivity index (χ0) is 21.0. The SMILES string of the molecule is C[C@H](OC(=O)c1ccc(S(C)(=O)=O)cc1)C(=O)N1CCN(c2ccccc2)CC1. The molecule has 1 aliphatic heterocycles. The van der Waals surface area contributed by atoms with Gasteiger partial charge in [-0.25, -0.2) is 13.2 Å². The minimum absolute atomic E-state index is 0.120. The van der Waals surface area contributed by atoms with Crippen molar-refractivity contribution in [3.63, 3.8) is 0 Å². The number of piperazine rings is 1. The van der Waals surface area contributed by atoms with E-state index >= 15 is 0 Å². The molecule has 8 heteroatoms. The van der Waals surface area contributed by atoms with Gasteiger partial charge in [0.2, 0.25) is 0 Å². The van der Waals surface area contributed by atoms with Gasteiger partial charge in [-0.3, -0.25) is 4.79 Å². The molecule has 1 fully saturated rings. The number of nitrogens with zero attached hydrogens (tertiary/aromatic N) is 2. The van der Waals surface area contributed by atoms with Crippen LogP contribution in [0.1, 0.15) is 17.3 Å². The highest BCUT2D eigenvalue weighted by Gasteiger charge is 2.27. The lowest BCUT2D eigenvalue weighted by molar-refractivity contribution is -0.140. The van der Waals surface area contributed by atoms with Gasteiger partial charge in [-0.05, 0) is 43.3 Å². The average molecular weight is 416 g/mol. The number of benzene rings is 2. The van der Waals surface area contributed by atoms with Gasteiger partial charge in [0.25, 0.3) is 5.91 Å². The molecule has 0 spiro atoms. The van der Waals surface area contributed by atoms with E-state index in [1.165, 1.54) is 24.3 Å². The minimum Gasteiger partial charge on any atom is -0.449 e. The van der Waals surface area contributed by atoms with E-state index in [4.69, 9.17) is 4.74 Å². The van der Waals surface area contributed by atoms with E-state index in [0.29, 0.717) is 26.2 Å². The highest BCUT2D eigenvalue weighted by Crippen LogP contribution is 2.17. The predicted octanol–water partition coefficient (Wildman–Crippen LogP) is 1.98. The molecule has 7 nitrogen and oxygen atoms in total. The molecule has 0 unspecified atom stereocenters. The van der Waals surface area contributed by atoms with Crippen LogP contribution in [0.3, 0.4) is 0 Å². The Kier molecular flexibility index (Phi) is 6.22. The number of amides is 1. The number of anilines is 1. The molecule has 1 saturated heterocycles. The van der Waals surface area contributed by atoms with Crippen LogP contribution in [0.5, 0.6) is 0 Å². The molecule has 3 rings (SSSR count). The van der Waals surface area contributed by atoms with Gasteiger partial charge in [-0.1, -0.05) is 18.2 Å². The summed E-state index contributed by atoms with van der Waals surface area (Å²) >= 11 is 0. The number of rotatable bonds is 5. The highest BCUT2D eigenvalue weighted by atomic mass is 32.2. The van der Waals surface area contributed by atoms with E-state index in [9.17, 15) is 18.0 Å². The zero-order valence-corrected chi connectivity index (χ0v) is 17.3. The summed E-state index contributed by atoms with van der Waals surface area (Å²) in [5, 5.41) is 0. The van der Waals surface area contributed by atoms with Gasteiger partial charge in [0, 0.05) is 38.1 Å². The fourth-order valence-electron chi connectivity index (χ4n) is 3.20. The summed E-state index contributed by atoms with van der Waals surface area (Å²) in [6, 6.07) is 15.5. The smallest absolute Gasteiger partial charge is 0.338 e. The Bertz CT molecular complexity index is 966. The molecule has 1 amide bonds. The van der Waals surface area contributed by atoms with Crippen molar-refractivity contribution in [3.05, 3.63) is 60.2 Å². The van der Waals surface area contributed by atoms with E-state index in [0.717, 1.165) is 11.9 Å². The van der Waals surface area contributed by atoms with Gasteiger partial charge >= 0.3 is 5.97 Å². The molecule has 29 heavy (non-hydrogen) atoms. The van der Waals surface area contributed by atoms with E-state index in [-0.39, 0.29) is 16.4 Å². The molecule has 154 valence electrons. The van der Waals surface area contributed by atoms with Crippen molar-refractivity contribution in [2.75, 3.05) is 37.3 Å². The Labute approximate surface area is 170 Å². The largest absolute Gasteiger partial charge is 0.449 e. The van der Waals surface area contributed by atoms with Gasteiger partial charge in [-0.15, -0.1) is 0 Å². The molecule has 0 radical (unpaired) electrons. The van der Waals surface area contributed by atoms with Crippen molar-refractivity contribution >= 4 is 27.4 Å². The van der Waals surface area contributed by atoms with Crippen molar-refractivity contribution in [2.45, 2.75) is 17.9 Å². The summed E-state index contributed by atoms with van der Waals surface area (Å²) in [5.74, 6) is -0.896. The quantitative estimate of drug-likeness (QED) is 0.693. The second kappa shape index (κ2) is 8.65. The monoisotopic (exact) mass is 416 g/mol. The average Bonchev–Trinajstić information content (AvgIpc) is 2.73. The first-order valence-corrected chi connectivity index (χ1v) is 11.2. The third-order valence-corrected chi connectivity index (χ3v) is 5.99. The standard InChI is InChI=1S/C21H24N2O5S/c1-16(28-21(25)17-8-10-19(11-9-17)29(2,26)27)20(24)23-14-12-22(13-15-23)18-6-4-3-5-7-18/h3-11,16H,12-15H2,1-2H3/t16-/m0/s1. The van der Waals surface area contributed by atoms with E-state index < -0.39 is 21.9 Å². The van der Waals surface area contributed by atoms with E-state index in [1.807, 2.05) is 30.3 Å². The number of hydrogen-bond donors (Lipinski definition) is 0. The molecule has 1 aliphatic rings. The van der Waals surface area contributed by atoms with E-state index in [1.54, 1.807) is 11.8 Å². The molecule has 0 N–H and O–H groups in total. The second-order valence-corrected chi connectivity index (χ2v) is 9.01. The molecule has 2 aromatic carbocycles. The predicted molar refractivity (Wildman–Crippen MR) is 110 cm³/mol. The number of carbonyl (C=O) groups excluding carboxylic acids is 2. The Hall–Kier alpha value is -2.87. The van der Waals surface area contributed by atoms with Crippen LogP contribution in [0.2, 0.25) is 0 Å². The fraction of sp³-hybridized carbons (Fsp3) is 0.333. The fourth-order valence-corrected chi connectivity index (χ4v) is 3.83. The molecular weight excluding hydrogens is 392 g/mol. The molecule has 0 aliphatic carbocycles. The third-order valence-electron chi connectivity index (χ3n) is 4.86. The van der Waals surface area contributed by atoms with E-state index in [2.05, 4.69) is 4.90 Å². The molecule has 1 heterocycles. The Morgan fingerprint density at radius 2 is 1.52 bits per heavy atom. The summed E-state index contributed by atoms with van der Waals surface area (Å²) in [6.45, 7) is 4.08. The van der Waals surface area contributed by atoms with Gasteiger partial charge < -0.3 is 14.5 Å². The van der Waals surface area contributed by atoms with Crippen LogP contribution in [0.4, 0.5) is 5.69 Å². The molecule has 0 aromatic heterocycles. The lowest BCUT2D eigenvalue weighted by Crippen LogP contribution is -2.51. The first-order valence-electron chi connectivity index (χ1n) is 9.35. The Morgan fingerprint density at radius 3 is 2.07 bits per heavy atom. The maximum absolute atomic E-state index is 12.6. The number of sulfone groups is 1. The summed E-state index contributed by atoms with van der Waals surface area (Å²) < 4.78 is 28.3. The second-order valence-electron chi connectivity index (χ2n) is 6.99. The Balaban J connectivity index is 1.54. The van der Waals surface area contributed by atoms with Gasteiger partial charge in [0.1, 0.15) is 0 Å². The molecule has 0 bridgehead atoms. The van der Waals surface area contributed by atoms with Crippen LogP contribution in [-0.4, -0.2) is 63.7 Å². The highest BCUT2D eigenvalue weighted by molar-refractivity contribution is 7.90. The molecular formula is C21H24N2O5S. The minimum atomic E-state index is -3.34. The first kappa shape index (κ1) is 20.9. The van der Waals surface area contributed by atoms with Crippen LogP contribution in [0, 0.1) is 0 Å². The summed E-state index contributed by atoms with van der Waals surface area (Å²) in [7, 11) is -3.34. The number of para-hydroxylation sites is 1. The van der Waals surface area contributed by atoms with Crippen molar-refractivity contribution in [1.82, 2.24) is 4.90 Å². The zero-order valence-electron chi connectivity index (χ0n) is 16.4. The maximum Gasteiger partial charge on any atom is 0.338 e. The van der Waals surface area contributed by atoms with Gasteiger partial charge in [0.05, 0.1) is 10.5 Å². The third kappa shape index (κ3) is 5.14. The summed E-state index contributed by atoms with van der Waals surface area (Å²) in [5.41, 5.74) is 1.32. The molecule has 1 atom stereocenters. The lowest BCUT2D eigenvalue weighted by Gasteiger charge is -2.37. The normalized spacial score (nSPS) is 15.7. The van der Waals surface area contributed by atoms with Crippen LogP contribution in [-0.2, 0) is 19.4 Å². The van der Waals surface area contributed by atoms with Crippen LogP contribution < -0.4 is 4.90 Å². The number of hydrogen-bond acceptors (Lipinski definition) is 6. The topological polar surface area (TPSA) is 84.0 Å². The number of carbonyl (C=O) groups is 2. The van der Waals surface area contributed by atoms with Crippen molar-refractivity contribution < 1.29 is 22.7 Å². The van der Waals surface area contributed by atoms with Crippen LogP contribution in [0.25, 0.3) is 0 Å². The van der Waals surface area contributed by atoms with Crippen molar-refractivity contribution in [2.24, 2.45) is 0 Å². The van der Waals surface area contributed by atoms with Crippen LogP contribution in [0.15, 0.2) is 59.5 Å². The van der Waals surface area contributed by atoms with Crippen molar-refractivity contribution in [1.29, 1.82) is 0 Å². The van der Waals surface area contributed by atoms with Crippen molar-refractivity contribution in [3.8, 4) is 0 Å². The maximum atomic E-state index is 12.6. The van der Waals surface area contributed by atoms with Gasteiger partial charge in [0.15, 0.2) is 15.9 Å². The number of esters is 1. The molecule has 0 saturated carbocycles. The number of ether oxygens (including phenoxy) is 1. The summed E-state index contributed by atoms with van der Waals surface area (Å²) in [4.78, 5) is 29.0.